The summed E-state index contributed by atoms with van der Waals surface area (Å²) >= 11 is 0. The number of anilines is 1. The average Bonchev–Trinajstić information content (AvgIpc) is 3.08. The van der Waals surface area contributed by atoms with Gasteiger partial charge in [-0.15, -0.1) is 0 Å². The van der Waals surface area contributed by atoms with Crippen LogP contribution in [0.3, 0.4) is 0 Å². The van der Waals surface area contributed by atoms with E-state index in [-0.39, 0.29) is 5.69 Å². The minimum absolute atomic E-state index is 0.0220. The van der Waals surface area contributed by atoms with Gasteiger partial charge in [0.25, 0.3) is 5.69 Å². The Hall–Kier alpha value is -5.95. The summed E-state index contributed by atoms with van der Waals surface area (Å²) < 4.78 is 39.1. The van der Waals surface area contributed by atoms with Gasteiger partial charge in [-0.05, 0) is 98.1 Å². The van der Waals surface area contributed by atoms with Gasteiger partial charge >= 0.3 is 6.18 Å². The predicted octanol–water partition coefficient (Wildman–Crippen LogP) is 10.8. The lowest BCUT2D eigenvalue weighted by atomic mass is 9.92. The van der Waals surface area contributed by atoms with Crippen LogP contribution in [0.4, 0.5) is 24.5 Å². The van der Waals surface area contributed by atoms with Crippen molar-refractivity contribution in [1.29, 1.82) is 0 Å². The van der Waals surface area contributed by atoms with Crippen molar-refractivity contribution >= 4 is 23.0 Å². The summed E-state index contributed by atoms with van der Waals surface area (Å²) in [5.74, 6) is 0. The normalized spacial score (nSPS) is 11.8. The van der Waals surface area contributed by atoms with Crippen molar-refractivity contribution < 1.29 is 18.1 Å². The third-order valence-corrected chi connectivity index (χ3v) is 7.79. The van der Waals surface area contributed by atoms with E-state index < -0.39 is 16.7 Å². The van der Waals surface area contributed by atoms with E-state index in [4.69, 9.17) is 5.73 Å². The predicted molar refractivity (Wildman–Crippen MR) is 179 cm³/mol. The zero-order valence-electron chi connectivity index (χ0n) is 24.4. The number of nitrogens with two attached hydrogens (primary N) is 1. The SMILES string of the molecule is Nc1ccc(-c2ccc(C=C(c3ccccc3)c3ccc(-c4ccc(C(F)(F)F)cc4)cc3)cc2)c(-c2ccc([N+](=O)[O-])cc2)c1. The van der Waals surface area contributed by atoms with Crippen LogP contribution >= 0.6 is 0 Å². The second-order valence-corrected chi connectivity index (χ2v) is 10.8. The van der Waals surface area contributed by atoms with Gasteiger partial charge in [0.05, 0.1) is 10.5 Å². The van der Waals surface area contributed by atoms with Crippen LogP contribution in [0.15, 0.2) is 146 Å². The highest BCUT2D eigenvalue weighted by Gasteiger charge is 2.30. The minimum Gasteiger partial charge on any atom is -0.399 e. The number of hydrogen-bond acceptors (Lipinski definition) is 3. The van der Waals surface area contributed by atoms with Crippen LogP contribution in [0.5, 0.6) is 0 Å². The van der Waals surface area contributed by atoms with Crippen LogP contribution in [0, 0.1) is 10.1 Å². The van der Waals surface area contributed by atoms with Gasteiger partial charge in [0, 0.05) is 17.8 Å². The van der Waals surface area contributed by atoms with Gasteiger partial charge < -0.3 is 5.73 Å². The monoisotopic (exact) mass is 612 g/mol. The largest absolute Gasteiger partial charge is 0.416 e. The number of halogens is 3. The summed E-state index contributed by atoms with van der Waals surface area (Å²) in [7, 11) is 0. The van der Waals surface area contributed by atoms with Gasteiger partial charge in [-0.1, -0.05) is 97.1 Å². The maximum absolute atomic E-state index is 13.0. The van der Waals surface area contributed by atoms with E-state index in [0.717, 1.165) is 62.2 Å². The third-order valence-electron chi connectivity index (χ3n) is 7.79. The van der Waals surface area contributed by atoms with E-state index in [0.29, 0.717) is 11.3 Å². The quantitative estimate of drug-likeness (QED) is 0.0844. The van der Waals surface area contributed by atoms with Crippen molar-refractivity contribution in [2.45, 2.75) is 6.18 Å². The van der Waals surface area contributed by atoms with Crippen LogP contribution in [0.25, 0.3) is 45.0 Å². The van der Waals surface area contributed by atoms with E-state index in [1.165, 1.54) is 24.3 Å². The molecule has 46 heavy (non-hydrogen) atoms. The molecule has 6 aromatic carbocycles. The van der Waals surface area contributed by atoms with Crippen LogP contribution < -0.4 is 5.73 Å². The summed E-state index contributed by atoms with van der Waals surface area (Å²) in [6.07, 6.45) is -2.27. The summed E-state index contributed by atoms with van der Waals surface area (Å²) in [6, 6.07) is 43.1. The van der Waals surface area contributed by atoms with Gasteiger partial charge in [-0.25, -0.2) is 0 Å². The first-order chi connectivity index (χ1) is 22.2. The molecule has 2 N–H and O–H groups in total. The van der Waals surface area contributed by atoms with Crippen molar-refractivity contribution in [2.75, 3.05) is 5.73 Å². The molecule has 0 atom stereocenters. The highest BCUT2D eigenvalue weighted by Crippen LogP contribution is 2.36. The molecule has 0 aliphatic heterocycles. The highest BCUT2D eigenvalue weighted by molar-refractivity contribution is 5.92. The van der Waals surface area contributed by atoms with Crippen molar-refractivity contribution in [3.05, 3.63) is 178 Å². The molecule has 0 heterocycles. The second-order valence-electron chi connectivity index (χ2n) is 10.8. The van der Waals surface area contributed by atoms with Crippen molar-refractivity contribution in [2.24, 2.45) is 0 Å². The van der Waals surface area contributed by atoms with Gasteiger partial charge in [0.1, 0.15) is 0 Å². The Kier molecular flexibility index (Phi) is 8.23. The third kappa shape index (κ3) is 6.59. The van der Waals surface area contributed by atoms with Gasteiger partial charge in [-0.2, -0.15) is 13.2 Å². The summed E-state index contributed by atoms with van der Waals surface area (Å²) in [6.45, 7) is 0. The minimum atomic E-state index is -4.37. The average molecular weight is 613 g/mol. The van der Waals surface area contributed by atoms with E-state index in [9.17, 15) is 23.3 Å². The molecule has 226 valence electrons. The lowest BCUT2D eigenvalue weighted by Crippen LogP contribution is -2.03. The fourth-order valence-corrected chi connectivity index (χ4v) is 5.39. The molecular formula is C39H27F3N2O2. The number of non-ortho nitro benzene ring substituents is 1. The first-order valence-electron chi connectivity index (χ1n) is 14.5. The first kappa shape index (κ1) is 30.1. The van der Waals surface area contributed by atoms with Crippen LogP contribution in [0.1, 0.15) is 22.3 Å². The number of alkyl halides is 3. The number of nitrogens with zero attached hydrogens (tertiary/aromatic N) is 1. The number of nitro groups is 1. The molecule has 0 saturated carbocycles. The highest BCUT2D eigenvalue weighted by atomic mass is 19.4. The standard InChI is InChI=1S/C39H27F3N2O2/c40-39(41,42)33-18-14-28(15-19-33)27-10-12-31(13-11-27)37(29-4-2-1-3-5-29)24-26-6-8-30(9-7-26)36-23-20-34(43)25-38(36)32-16-21-35(22-17-32)44(45)46/h1-25H,43H2. The Morgan fingerprint density at radius 2 is 1.13 bits per heavy atom. The van der Waals surface area contributed by atoms with Gasteiger partial charge in [-0.3, -0.25) is 10.1 Å². The number of nitro benzene ring substituents is 1. The molecule has 6 aromatic rings. The Labute approximate surface area is 264 Å². The van der Waals surface area contributed by atoms with Crippen LogP contribution in [-0.4, -0.2) is 4.92 Å². The number of rotatable bonds is 7. The number of nitrogen functional groups attached to an aromatic ring is 1. The van der Waals surface area contributed by atoms with Gasteiger partial charge in [0.15, 0.2) is 0 Å². The smallest absolute Gasteiger partial charge is 0.399 e. The zero-order chi connectivity index (χ0) is 32.3. The fraction of sp³-hybridized carbons (Fsp3) is 0.0256. The molecule has 0 fully saturated rings. The fourth-order valence-electron chi connectivity index (χ4n) is 5.39. The van der Waals surface area contributed by atoms with Gasteiger partial charge in [0.2, 0.25) is 0 Å². The van der Waals surface area contributed by atoms with Crippen molar-refractivity contribution in [3.8, 4) is 33.4 Å². The number of hydrogen-bond donors (Lipinski definition) is 1. The summed E-state index contributed by atoms with van der Waals surface area (Å²) in [5.41, 5.74) is 15.1. The molecule has 0 aliphatic carbocycles. The molecule has 0 aromatic heterocycles. The van der Waals surface area contributed by atoms with E-state index in [2.05, 4.69) is 6.08 Å². The topological polar surface area (TPSA) is 69.2 Å². The molecule has 7 heteroatoms. The van der Waals surface area contributed by atoms with E-state index >= 15 is 0 Å². The summed E-state index contributed by atoms with van der Waals surface area (Å²) in [5, 5.41) is 11.1. The van der Waals surface area contributed by atoms with Crippen molar-refractivity contribution in [3.63, 3.8) is 0 Å². The Balaban J connectivity index is 1.32. The molecule has 6 rings (SSSR count). The molecule has 4 nitrogen and oxygen atoms in total. The molecule has 0 unspecified atom stereocenters. The van der Waals surface area contributed by atoms with Crippen molar-refractivity contribution in [1.82, 2.24) is 0 Å². The molecular weight excluding hydrogens is 585 g/mol. The lowest BCUT2D eigenvalue weighted by molar-refractivity contribution is -0.384. The first-order valence-corrected chi connectivity index (χ1v) is 14.5. The summed E-state index contributed by atoms with van der Waals surface area (Å²) in [4.78, 5) is 10.7. The lowest BCUT2D eigenvalue weighted by Gasteiger charge is -2.13. The molecule has 0 saturated heterocycles. The zero-order valence-corrected chi connectivity index (χ0v) is 24.4. The Bertz CT molecular complexity index is 2020. The molecule has 0 radical (unpaired) electrons. The van der Waals surface area contributed by atoms with Crippen LogP contribution in [-0.2, 0) is 6.18 Å². The molecule has 0 aliphatic rings. The Morgan fingerprint density at radius 1 is 0.609 bits per heavy atom. The van der Waals surface area contributed by atoms with E-state index in [1.807, 2.05) is 97.1 Å². The van der Waals surface area contributed by atoms with Crippen LogP contribution in [0.2, 0.25) is 0 Å². The molecule has 0 spiro atoms. The van der Waals surface area contributed by atoms with E-state index in [1.54, 1.807) is 12.1 Å². The number of benzene rings is 6. The maximum atomic E-state index is 13.0. The Morgan fingerprint density at radius 3 is 1.72 bits per heavy atom. The second kappa shape index (κ2) is 12.6. The maximum Gasteiger partial charge on any atom is 0.416 e. The molecule has 0 bridgehead atoms. The molecule has 0 amide bonds.